The SMILES string of the molecule is CC(C#N)CNC(=O)c1cc(Br)cn1C(C)C. The van der Waals surface area contributed by atoms with Gasteiger partial charge in [-0.05, 0) is 42.8 Å². The fourth-order valence-electron chi connectivity index (χ4n) is 1.44. The number of nitrogens with zero attached hydrogens (tertiary/aromatic N) is 2. The number of nitriles is 1. The molecule has 1 heterocycles. The lowest BCUT2D eigenvalue weighted by molar-refractivity contribution is 0.0940. The second-order valence-electron chi connectivity index (χ2n) is 4.28. The van der Waals surface area contributed by atoms with Crippen LogP contribution >= 0.6 is 15.9 Å². The number of nitrogens with one attached hydrogen (secondary N) is 1. The minimum atomic E-state index is -0.176. The molecule has 1 aromatic heterocycles. The van der Waals surface area contributed by atoms with E-state index in [1.807, 2.05) is 24.6 Å². The molecule has 0 aliphatic heterocycles. The molecule has 0 fully saturated rings. The molecule has 4 nitrogen and oxygen atoms in total. The zero-order chi connectivity index (χ0) is 13.0. The summed E-state index contributed by atoms with van der Waals surface area (Å²) in [5.74, 6) is -0.323. The van der Waals surface area contributed by atoms with Crippen LogP contribution in [0.25, 0.3) is 0 Å². The Morgan fingerprint density at radius 1 is 1.59 bits per heavy atom. The molecule has 1 amide bonds. The van der Waals surface area contributed by atoms with E-state index in [1.54, 1.807) is 13.0 Å². The Hall–Kier alpha value is -1.28. The lowest BCUT2D eigenvalue weighted by atomic mass is 10.2. The quantitative estimate of drug-likeness (QED) is 0.929. The first-order valence-electron chi connectivity index (χ1n) is 5.51. The fraction of sp³-hybridized carbons (Fsp3) is 0.500. The van der Waals surface area contributed by atoms with Gasteiger partial charge in [0.1, 0.15) is 5.69 Å². The van der Waals surface area contributed by atoms with Gasteiger partial charge in [-0.3, -0.25) is 4.79 Å². The highest BCUT2D eigenvalue weighted by Gasteiger charge is 2.15. The normalized spacial score (nSPS) is 12.2. The molecule has 1 rings (SSSR count). The van der Waals surface area contributed by atoms with E-state index in [0.29, 0.717) is 12.2 Å². The number of aromatic nitrogens is 1. The summed E-state index contributed by atoms with van der Waals surface area (Å²) < 4.78 is 2.78. The number of halogens is 1. The molecular weight excluding hydrogens is 282 g/mol. The molecule has 0 spiro atoms. The maximum Gasteiger partial charge on any atom is 0.267 e. The summed E-state index contributed by atoms with van der Waals surface area (Å²) >= 11 is 3.36. The maximum absolute atomic E-state index is 11.9. The third kappa shape index (κ3) is 3.60. The van der Waals surface area contributed by atoms with Crippen LogP contribution in [0.4, 0.5) is 0 Å². The summed E-state index contributed by atoms with van der Waals surface area (Å²) in [7, 11) is 0. The topological polar surface area (TPSA) is 57.8 Å². The van der Waals surface area contributed by atoms with E-state index in [2.05, 4.69) is 27.3 Å². The minimum Gasteiger partial charge on any atom is -0.349 e. The number of amides is 1. The molecule has 0 aromatic carbocycles. The first kappa shape index (κ1) is 13.8. The second-order valence-corrected chi connectivity index (χ2v) is 5.20. The summed E-state index contributed by atoms with van der Waals surface area (Å²) in [5, 5.41) is 11.4. The van der Waals surface area contributed by atoms with Crippen LogP contribution in [0.15, 0.2) is 16.7 Å². The van der Waals surface area contributed by atoms with Crippen LogP contribution in [-0.4, -0.2) is 17.0 Å². The number of carbonyl (C=O) groups is 1. The number of carbonyl (C=O) groups excluding carboxylic acids is 1. The highest BCUT2D eigenvalue weighted by molar-refractivity contribution is 9.10. The molecule has 1 unspecified atom stereocenters. The van der Waals surface area contributed by atoms with Crippen molar-refractivity contribution in [1.82, 2.24) is 9.88 Å². The summed E-state index contributed by atoms with van der Waals surface area (Å²) in [6.45, 7) is 6.18. The number of rotatable bonds is 4. The van der Waals surface area contributed by atoms with Crippen LogP contribution in [0.5, 0.6) is 0 Å². The van der Waals surface area contributed by atoms with Crippen LogP contribution < -0.4 is 5.32 Å². The molecule has 0 saturated heterocycles. The van der Waals surface area contributed by atoms with Gasteiger partial charge in [-0.1, -0.05) is 0 Å². The van der Waals surface area contributed by atoms with Gasteiger partial charge in [-0.15, -0.1) is 0 Å². The molecule has 0 aliphatic carbocycles. The molecule has 0 bridgehead atoms. The van der Waals surface area contributed by atoms with Gasteiger partial charge in [0.15, 0.2) is 0 Å². The second kappa shape index (κ2) is 5.87. The molecule has 17 heavy (non-hydrogen) atoms. The monoisotopic (exact) mass is 297 g/mol. The zero-order valence-corrected chi connectivity index (χ0v) is 11.8. The maximum atomic E-state index is 11.9. The Morgan fingerprint density at radius 2 is 2.24 bits per heavy atom. The molecule has 0 radical (unpaired) electrons. The van der Waals surface area contributed by atoms with Crippen molar-refractivity contribution < 1.29 is 4.79 Å². The average molecular weight is 298 g/mol. The number of hydrogen-bond donors (Lipinski definition) is 1. The van der Waals surface area contributed by atoms with Crippen molar-refractivity contribution in [2.24, 2.45) is 5.92 Å². The lowest BCUT2D eigenvalue weighted by Crippen LogP contribution is -2.29. The summed E-state index contributed by atoms with van der Waals surface area (Å²) in [4.78, 5) is 11.9. The molecule has 1 N–H and O–H groups in total. The molecule has 92 valence electrons. The van der Waals surface area contributed by atoms with Gasteiger partial charge in [0.25, 0.3) is 5.91 Å². The molecule has 5 heteroatoms. The van der Waals surface area contributed by atoms with Gasteiger partial charge in [-0.2, -0.15) is 5.26 Å². The average Bonchev–Trinajstić information content (AvgIpc) is 2.67. The summed E-state index contributed by atoms with van der Waals surface area (Å²) in [6.07, 6.45) is 1.88. The molecular formula is C12H16BrN3O. The van der Waals surface area contributed by atoms with Crippen molar-refractivity contribution in [2.45, 2.75) is 26.8 Å². The Labute approximate surface area is 110 Å². The van der Waals surface area contributed by atoms with Crippen molar-refractivity contribution in [1.29, 1.82) is 5.26 Å². The summed E-state index contributed by atoms with van der Waals surface area (Å²) in [6, 6.07) is 4.09. The molecule has 0 aliphatic rings. The Bertz CT molecular complexity index is 445. The van der Waals surface area contributed by atoms with E-state index in [1.165, 1.54) is 0 Å². The van der Waals surface area contributed by atoms with Crippen molar-refractivity contribution >= 4 is 21.8 Å². The van der Waals surface area contributed by atoms with E-state index >= 15 is 0 Å². The Morgan fingerprint density at radius 3 is 2.76 bits per heavy atom. The van der Waals surface area contributed by atoms with E-state index < -0.39 is 0 Å². The highest BCUT2D eigenvalue weighted by Crippen LogP contribution is 2.19. The van der Waals surface area contributed by atoms with Gasteiger partial charge in [0, 0.05) is 23.3 Å². The minimum absolute atomic E-state index is 0.147. The molecule has 0 saturated carbocycles. The van der Waals surface area contributed by atoms with Crippen LogP contribution in [0, 0.1) is 17.2 Å². The van der Waals surface area contributed by atoms with Crippen LogP contribution in [-0.2, 0) is 0 Å². The van der Waals surface area contributed by atoms with Crippen molar-refractivity contribution in [3.8, 4) is 6.07 Å². The predicted octanol–water partition coefficient (Wildman–Crippen LogP) is 2.72. The van der Waals surface area contributed by atoms with E-state index in [0.717, 1.165) is 4.47 Å². The van der Waals surface area contributed by atoms with Gasteiger partial charge in [0.2, 0.25) is 0 Å². The third-order valence-electron chi connectivity index (χ3n) is 2.39. The van der Waals surface area contributed by atoms with Crippen molar-refractivity contribution in [3.05, 3.63) is 22.4 Å². The highest BCUT2D eigenvalue weighted by atomic mass is 79.9. The van der Waals surface area contributed by atoms with E-state index in [4.69, 9.17) is 5.26 Å². The number of hydrogen-bond acceptors (Lipinski definition) is 2. The predicted molar refractivity (Wildman–Crippen MR) is 69.6 cm³/mol. The largest absolute Gasteiger partial charge is 0.349 e. The van der Waals surface area contributed by atoms with Gasteiger partial charge in [-0.25, -0.2) is 0 Å². The lowest BCUT2D eigenvalue weighted by Gasteiger charge is -2.13. The van der Waals surface area contributed by atoms with Gasteiger partial charge in [0.05, 0.1) is 12.0 Å². The molecule has 1 aromatic rings. The third-order valence-corrected chi connectivity index (χ3v) is 2.83. The smallest absolute Gasteiger partial charge is 0.267 e. The fourth-order valence-corrected chi connectivity index (χ4v) is 1.87. The summed E-state index contributed by atoms with van der Waals surface area (Å²) in [5.41, 5.74) is 0.608. The van der Waals surface area contributed by atoms with Crippen molar-refractivity contribution in [2.75, 3.05) is 6.54 Å². The van der Waals surface area contributed by atoms with Crippen LogP contribution in [0.1, 0.15) is 37.3 Å². The molecule has 1 atom stereocenters. The van der Waals surface area contributed by atoms with Crippen LogP contribution in [0.2, 0.25) is 0 Å². The van der Waals surface area contributed by atoms with E-state index in [9.17, 15) is 4.79 Å². The first-order valence-corrected chi connectivity index (χ1v) is 6.30. The van der Waals surface area contributed by atoms with Gasteiger partial charge < -0.3 is 9.88 Å². The van der Waals surface area contributed by atoms with Gasteiger partial charge >= 0.3 is 0 Å². The Balaban J connectivity index is 2.79. The standard InChI is InChI=1S/C12H16BrN3O/c1-8(2)16-7-10(13)4-11(16)12(17)15-6-9(3)5-14/h4,7-9H,6H2,1-3H3,(H,15,17). The van der Waals surface area contributed by atoms with Crippen molar-refractivity contribution in [3.63, 3.8) is 0 Å². The Kier molecular flexibility index (Phi) is 4.76. The zero-order valence-electron chi connectivity index (χ0n) is 10.2. The van der Waals surface area contributed by atoms with E-state index in [-0.39, 0.29) is 17.9 Å². The first-order chi connectivity index (χ1) is 7.95. The van der Waals surface area contributed by atoms with Crippen LogP contribution in [0.3, 0.4) is 0 Å².